The summed E-state index contributed by atoms with van der Waals surface area (Å²) in [4.78, 5) is 39.5. The minimum atomic E-state index is -0.587. The van der Waals surface area contributed by atoms with E-state index in [1.165, 1.54) is 6.07 Å². The number of nitrogens with one attached hydrogen (secondary N) is 1. The van der Waals surface area contributed by atoms with Crippen molar-refractivity contribution in [2.75, 3.05) is 10.2 Å². The van der Waals surface area contributed by atoms with E-state index in [0.717, 1.165) is 14.9 Å². The largest absolute Gasteiger partial charge is 0.349 e. The van der Waals surface area contributed by atoms with Gasteiger partial charge in [-0.05, 0) is 48.9 Å². The van der Waals surface area contributed by atoms with Crippen molar-refractivity contribution in [3.05, 3.63) is 104 Å². The first-order chi connectivity index (χ1) is 15.9. The number of rotatable bonds is 4. The minimum absolute atomic E-state index is 0.122. The van der Waals surface area contributed by atoms with Crippen LogP contribution < -0.4 is 10.2 Å². The Morgan fingerprint density at radius 2 is 1.61 bits per heavy atom. The minimum Gasteiger partial charge on any atom is -0.349 e. The van der Waals surface area contributed by atoms with Crippen molar-refractivity contribution >= 4 is 61.3 Å². The average molecular weight is 502 g/mol. The molecule has 0 bridgehead atoms. The van der Waals surface area contributed by atoms with Crippen LogP contribution in [0.2, 0.25) is 0 Å². The van der Waals surface area contributed by atoms with E-state index in [-0.39, 0.29) is 16.9 Å². The molecule has 5 rings (SSSR count). The molecule has 8 heteroatoms. The molecule has 0 radical (unpaired) electrons. The van der Waals surface area contributed by atoms with E-state index in [1.807, 2.05) is 18.2 Å². The second-order valence-corrected chi connectivity index (χ2v) is 8.58. The number of para-hydroxylation sites is 1. The molecule has 0 spiro atoms. The van der Waals surface area contributed by atoms with Gasteiger partial charge in [-0.25, -0.2) is 4.90 Å². The number of benzene rings is 4. The summed E-state index contributed by atoms with van der Waals surface area (Å²) in [7, 11) is 0. The average Bonchev–Trinajstić information content (AvgIpc) is 2.80. The van der Waals surface area contributed by atoms with E-state index < -0.39 is 16.7 Å². The zero-order chi connectivity index (χ0) is 23.3. The van der Waals surface area contributed by atoms with Gasteiger partial charge in [-0.2, -0.15) is 0 Å². The Kier molecular flexibility index (Phi) is 4.94. The zero-order valence-electron chi connectivity index (χ0n) is 17.3. The Morgan fingerprint density at radius 3 is 2.30 bits per heavy atom. The molecule has 0 aliphatic carbocycles. The fourth-order valence-electron chi connectivity index (χ4n) is 4.14. The number of imide groups is 1. The van der Waals surface area contributed by atoms with Gasteiger partial charge in [0.25, 0.3) is 17.5 Å². The molecule has 0 unspecified atom stereocenters. The number of hydrogen-bond donors (Lipinski definition) is 1. The fraction of sp³-hybridized carbons (Fsp3) is 0.0400. The fourth-order valence-corrected chi connectivity index (χ4v) is 4.40. The van der Waals surface area contributed by atoms with E-state index in [2.05, 4.69) is 21.2 Å². The van der Waals surface area contributed by atoms with E-state index in [0.29, 0.717) is 27.7 Å². The van der Waals surface area contributed by atoms with Gasteiger partial charge in [0, 0.05) is 32.6 Å². The van der Waals surface area contributed by atoms with Gasteiger partial charge in [0.2, 0.25) is 0 Å². The number of halogens is 1. The van der Waals surface area contributed by atoms with Crippen molar-refractivity contribution < 1.29 is 14.5 Å². The van der Waals surface area contributed by atoms with Crippen LogP contribution in [0.25, 0.3) is 10.8 Å². The first-order valence-corrected chi connectivity index (χ1v) is 10.9. The van der Waals surface area contributed by atoms with Gasteiger partial charge in [0.05, 0.1) is 16.2 Å². The number of nitro benzene ring substituents is 1. The van der Waals surface area contributed by atoms with Gasteiger partial charge in [0.1, 0.15) is 5.69 Å². The monoisotopic (exact) mass is 501 g/mol. The third-order valence-corrected chi connectivity index (χ3v) is 6.20. The molecule has 162 valence electrons. The number of nitrogens with zero attached hydrogens (tertiary/aromatic N) is 2. The number of anilines is 3. The van der Waals surface area contributed by atoms with Crippen molar-refractivity contribution in [2.45, 2.75) is 6.92 Å². The molecule has 0 saturated carbocycles. The Balaban J connectivity index is 1.76. The van der Waals surface area contributed by atoms with Crippen molar-refractivity contribution in [3.8, 4) is 0 Å². The summed E-state index contributed by atoms with van der Waals surface area (Å²) >= 11 is 3.37. The summed E-state index contributed by atoms with van der Waals surface area (Å²) in [6.45, 7) is 1.81. The molecule has 2 amide bonds. The second kappa shape index (κ2) is 7.83. The summed E-state index contributed by atoms with van der Waals surface area (Å²) in [6, 6.07) is 20.5. The smallest absolute Gasteiger partial charge is 0.294 e. The van der Waals surface area contributed by atoms with Gasteiger partial charge in [0.15, 0.2) is 0 Å². The molecule has 7 nitrogen and oxygen atoms in total. The highest BCUT2D eigenvalue weighted by Crippen LogP contribution is 2.42. The third-order valence-electron chi connectivity index (χ3n) is 5.67. The zero-order valence-corrected chi connectivity index (χ0v) is 18.9. The molecule has 0 atom stereocenters. The lowest BCUT2D eigenvalue weighted by molar-refractivity contribution is -0.383. The predicted molar refractivity (Wildman–Crippen MR) is 130 cm³/mol. The first-order valence-electron chi connectivity index (χ1n) is 10.1. The van der Waals surface area contributed by atoms with E-state index in [4.69, 9.17) is 0 Å². The number of carbonyl (C=O) groups excluding carboxylic acids is 2. The van der Waals surface area contributed by atoms with Gasteiger partial charge in [-0.15, -0.1) is 0 Å². The van der Waals surface area contributed by atoms with Gasteiger partial charge in [-0.3, -0.25) is 19.7 Å². The maximum atomic E-state index is 13.5. The highest BCUT2D eigenvalue weighted by atomic mass is 79.9. The highest BCUT2D eigenvalue weighted by molar-refractivity contribution is 9.10. The maximum absolute atomic E-state index is 13.5. The Hall–Kier alpha value is -4.04. The van der Waals surface area contributed by atoms with Crippen LogP contribution >= 0.6 is 15.9 Å². The molecule has 4 aromatic rings. The van der Waals surface area contributed by atoms with Crippen LogP contribution in [0.3, 0.4) is 0 Å². The first kappa shape index (κ1) is 20.8. The molecular formula is C25H16BrN3O4. The maximum Gasteiger partial charge on any atom is 0.294 e. The van der Waals surface area contributed by atoms with Crippen LogP contribution in [0.4, 0.5) is 22.7 Å². The molecule has 1 aliphatic heterocycles. The number of aryl methyl sites for hydroxylation is 1. The van der Waals surface area contributed by atoms with E-state index in [9.17, 15) is 19.7 Å². The van der Waals surface area contributed by atoms with Crippen LogP contribution in [0.5, 0.6) is 0 Å². The molecule has 4 aromatic carbocycles. The third kappa shape index (κ3) is 3.35. The second-order valence-electron chi connectivity index (χ2n) is 7.67. The summed E-state index contributed by atoms with van der Waals surface area (Å²) < 4.78 is 0.868. The predicted octanol–water partition coefficient (Wildman–Crippen LogP) is 6.36. The molecule has 0 fully saturated rings. The molecule has 1 heterocycles. The lowest BCUT2D eigenvalue weighted by Gasteiger charge is -2.28. The number of hydrogen-bond acceptors (Lipinski definition) is 5. The van der Waals surface area contributed by atoms with Gasteiger partial charge < -0.3 is 5.32 Å². The normalized spacial score (nSPS) is 12.8. The van der Waals surface area contributed by atoms with Crippen LogP contribution in [-0.4, -0.2) is 16.7 Å². The Labute approximate surface area is 196 Å². The van der Waals surface area contributed by atoms with E-state index >= 15 is 0 Å². The molecule has 1 aliphatic rings. The summed E-state index contributed by atoms with van der Waals surface area (Å²) in [5, 5.41) is 16.0. The molecular weight excluding hydrogens is 486 g/mol. The summed E-state index contributed by atoms with van der Waals surface area (Å²) in [5.41, 5.74) is 2.26. The van der Waals surface area contributed by atoms with Crippen molar-refractivity contribution in [1.29, 1.82) is 0 Å². The summed E-state index contributed by atoms with van der Waals surface area (Å²) in [6.07, 6.45) is 0. The molecule has 0 saturated heterocycles. The van der Waals surface area contributed by atoms with Gasteiger partial charge in [-0.1, -0.05) is 46.3 Å². The summed E-state index contributed by atoms with van der Waals surface area (Å²) in [5.74, 6) is -1.05. The molecule has 33 heavy (non-hydrogen) atoms. The van der Waals surface area contributed by atoms with Crippen molar-refractivity contribution in [1.82, 2.24) is 0 Å². The SMILES string of the molecule is Cc1ccccc1N1C(=O)c2cccc3c(Nc4ccc(Br)cc4)c([N+](=O)[O-])cc(c23)C1=O. The van der Waals surface area contributed by atoms with Crippen molar-refractivity contribution in [3.63, 3.8) is 0 Å². The lowest BCUT2D eigenvalue weighted by atomic mass is 9.91. The Morgan fingerprint density at radius 1 is 0.909 bits per heavy atom. The highest BCUT2D eigenvalue weighted by Gasteiger charge is 2.37. The number of amides is 2. The topological polar surface area (TPSA) is 92.6 Å². The van der Waals surface area contributed by atoms with Crippen LogP contribution in [0.15, 0.2) is 77.3 Å². The van der Waals surface area contributed by atoms with Crippen molar-refractivity contribution in [2.24, 2.45) is 0 Å². The number of carbonyl (C=O) groups is 2. The lowest BCUT2D eigenvalue weighted by Crippen LogP contribution is -2.41. The van der Waals surface area contributed by atoms with Crippen LogP contribution in [0, 0.1) is 17.0 Å². The van der Waals surface area contributed by atoms with Crippen LogP contribution in [-0.2, 0) is 0 Å². The Bertz CT molecular complexity index is 1480. The van der Waals surface area contributed by atoms with Crippen LogP contribution in [0.1, 0.15) is 26.3 Å². The van der Waals surface area contributed by atoms with Gasteiger partial charge >= 0.3 is 0 Å². The van der Waals surface area contributed by atoms with E-state index in [1.54, 1.807) is 55.5 Å². The standard InChI is InChI=1S/C25H16BrN3O4/c1-14-5-2-3-8-20(14)28-24(30)18-7-4-6-17-22(18)19(25(28)31)13-21(29(32)33)23(17)27-16-11-9-15(26)10-12-16/h2-13,27H,1H3. The molecule has 1 N–H and O–H groups in total. The quantitative estimate of drug-likeness (QED) is 0.199. The number of nitro groups is 1. The molecule has 0 aromatic heterocycles.